The molecule has 3 aromatic rings. The number of methoxy groups -OCH3 is 1. The topological polar surface area (TPSA) is 102 Å². The lowest BCUT2D eigenvalue weighted by Crippen LogP contribution is -2.35. The van der Waals surface area contributed by atoms with Crippen molar-refractivity contribution in [1.82, 2.24) is 9.78 Å². The molecular weight excluding hydrogens is 420 g/mol. The van der Waals surface area contributed by atoms with Crippen LogP contribution in [0.2, 0.25) is 5.02 Å². The molecule has 4 rings (SSSR count). The molecule has 0 bridgehead atoms. The lowest BCUT2D eigenvalue weighted by molar-refractivity contribution is -0.125. The third kappa shape index (κ3) is 4.02. The van der Waals surface area contributed by atoms with E-state index in [0.29, 0.717) is 27.8 Å². The molecule has 31 heavy (non-hydrogen) atoms. The first-order chi connectivity index (χ1) is 14.9. The van der Waals surface area contributed by atoms with Gasteiger partial charge in [0.15, 0.2) is 0 Å². The Morgan fingerprint density at radius 2 is 1.84 bits per heavy atom. The van der Waals surface area contributed by atoms with E-state index >= 15 is 0 Å². The van der Waals surface area contributed by atoms with Gasteiger partial charge in [0.25, 0.3) is 0 Å². The number of benzene rings is 2. The zero-order chi connectivity index (χ0) is 22.1. The van der Waals surface area contributed by atoms with Gasteiger partial charge in [0.2, 0.25) is 11.8 Å². The van der Waals surface area contributed by atoms with Crippen molar-refractivity contribution in [3.8, 4) is 11.3 Å². The standard InChI is InChI=1S/C22H19ClN4O4/c1-12-19(13-3-7-15(23)8-4-13)26-27-17(11-18(28)25-20(12)27)21(29)24-16-9-5-14(6-10-16)22(30)31-2/h3-10,17H,11H2,1-2H3,(H,24,29)(H,25,28). The van der Waals surface area contributed by atoms with Crippen LogP contribution in [0, 0.1) is 6.92 Å². The smallest absolute Gasteiger partial charge is 0.337 e. The summed E-state index contributed by atoms with van der Waals surface area (Å²) in [6.45, 7) is 1.84. The summed E-state index contributed by atoms with van der Waals surface area (Å²) >= 11 is 5.97. The average molecular weight is 439 g/mol. The van der Waals surface area contributed by atoms with Crippen LogP contribution in [-0.2, 0) is 14.3 Å². The molecule has 0 saturated heterocycles. The minimum absolute atomic E-state index is 0.0414. The number of hydrogen-bond acceptors (Lipinski definition) is 5. The molecule has 2 amide bonds. The summed E-state index contributed by atoms with van der Waals surface area (Å²) in [5.74, 6) is -0.623. The van der Waals surface area contributed by atoms with Gasteiger partial charge in [-0.25, -0.2) is 9.48 Å². The maximum Gasteiger partial charge on any atom is 0.337 e. The number of nitrogens with one attached hydrogen (secondary N) is 2. The minimum atomic E-state index is -0.816. The van der Waals surface area contributed by atoms with Gasteiger partial charge in [-0.3, -0.25) is 9.59 Å². The molecule has 0 spiro atoms. The van der Waals surface area contributed by atoms with Crippen molar-refractivity contribution in [2.75, 3.05) is 17.7 Å². The first-order valence-electron chi connectivity index (χ1n) is 9.51. The van der Waals surface area contributed by atoms with Crippen molar-refractivity contribution in [2.24, 2.45) is 0 Å². The fraction of sp³-hybridized carbons (Fsp3) is 0.182. The lowest BCUT2D eigenvalue weighted by atomic mass is 10.1. The van der Waals surface area contributed by atoms with Crippen molar-refractivity contribution in [2.45, 2.75) is 19.4 Å². The van der Waals surface area contributed by atoms with Crippen LogP contribution in [-0.4, -0.2) is 34.7 Å². The largest absolute Gasteiger partial charge is 0.465 e. The van der Waals surface area contributed by atoms with Gasteiger partial charge in [-0.05, 0) is 43.3 Å². The SMILES string of the molecule is COC(=O)c1ccc(NC(=O)C2CC(=O)Nc3c(C)c(-c4ccc(Cl)cc4)nn32)cc1. The molecule has 2 heterocycles. The highest BCUT2D eigenvalue weighted by Crippen LogP contribution is 2.34. The average Bonchev–Trinajstić information content (AvgIpc) is 3.10. The fourth-order valence-electron chi connectivity index (χ4n) is 3.46. The molecule has 2 N–H and O–H groups in total. The molecule has 158 valence electrons. The molecule has 8 nitrogen and oxygen atoms in total. The van der Waals surface area contributed by atoms with Crippen molar-refractivity contribution >= 4 is 40.9 Å². The molecule has 1 unspecified atom stereocenters. The maximum absolute atomic E-state index is 13.0. The second-order valence-electron chi connectivity index (χ2n) is 7.10. The number of nitrogens with zero attached hydrogens (tertiary/aromatic N) is 2. The highest BCUT2D eigenvalue weighted by Gasteiger charge is 2.34. The van der Waals surface area contributed by atoms with Gasteiger partial charge in [0, 0.05) is 21.8 Å². The van der Waals surface area contributed by atoms with Gasteiger partial charge in [-0.15, -0.1) is 0 Å². The number of esters is 1. The van der Waals surface area contributed by atoms with Gasteiger partial charge in [-0.1, -0.05) is 23.7 Å². The normalized spacial score (nSPS) is 15.1. The van der Waals surface area contributed by atoms with Crippen LogP contribution < -0.4 is 10.6 Å². The molecule has 0 aliphatic carbocycles. The van der Waals surface area contributed by atoms with Gasteiger partial charge >= 0.3 is 5.97 Å². The molecule has 1 aliphatic rings. The van der Waals surface area contributed by atoms with Crippen molar-refractivity contribution in [3.05, 3.63) is 64.7 Å². The van der Waals surface area contributed by atoms with Gasteiger partial charge in [-0.2, -0.15) is 5.10 Å². The Balaban J connectivity index is 1.62. The van der Waals surface area contributed by atoms with E-state index in [-0.39, 0.29) is 18.2 Å². The van der Waals surface area contributed by atoms with E-state index in [4.69, 9.17) is 11.6 Å². The highest BCUT2D eigenvalue weighted by atomic mass is 35.5. The third-order valence-corrected chi connectivity index (χ3v) is 5.32. The monoisotopic (exact) mass is 438 g/mol. The number of fused-ring (bicyclic) bond motifs is 1. The van der Waals surface area contributed by atoms with Crippen molar-refractivity contribution < 1.29 is 19.1 Å². The number of aromatic nitrogens is 2. The van der Waals surface area contributed by atoms with Crippen LogP contribution in [0.15, 0.2) is 48.5 Å². The quantitative estimate of drug-likeness (QED) is 0.603. The Labute approximate surface area is 183 Å². The Bertz CT molecular complexity index is 1170. The maximum atomic E-state index is 13.0. The third-order valence-electron chi connectivity index (χ3n) is 5.07. The molecule has 9 heteroatoms. The summed E-state index contributed by atoms with van der Waals surface area (Å²) in [7, 11) is 1.30. The van der Waals surface area contributed by atoms with Crippen LogP contribution in [0.3, 0.4) is 0 Å². The second-order valence-corrected chi connectivity index (χ2v) is 7.54. The Morgan fingerprint density at radius 1 is 1.16 bits per heavy atom. The Kier molecular flexibility index (Phi) is 5.48. The number of carbonyl (C=O) groups excluding carboxylic acids is 3. The van der Waals surface area contributed by atoms with Gasteiger partial charge in [0.05, 0.1) is 24.8 Å². The van der Waals surface area contributed by atoms with E-state index in [1.54, 1.807) is 41.1 Å². The van der Waals surface area contributed by atoms with E-state index in [0.717, 1.165) is 11.1 Å². The first kappa shape index (κ1) is 20.6. The van der Waals surface area contributed by atoms with Crippen molar-refractivity contribution in [1.29, 1.82) is 0 Å². The van der Waals surface area contributed by atoms with Crippen LogP contribution in [0.4, 0.5) is 11.5 Å². The molecule has 1 aromatic heterocycles. The number of carbonyl (C=O) groups is 3. The predicted octanol–water partition coefficient (Wildman–Crippen LogP) is 3.82. The Hall–Kier alpha value is -3.65. The molecule has 1 aliphatic heterocycles. The summed E-state index contributed by atoms with van der Waals surface area (Å²) in [6.07, 6.45) is -0.0414. The van der Waals surface area contributed by atoms with Crippen LogP contribution in [0.1, 0.15) is 28.4 Å². The summed E-state index contributed by atoms with van der Waals surface area (Å²) in [5, 5.41) is 10.8. The van der Waals surface area contributed by atoms with E-state index < -0.39 is 12.0 Å². The molecule has 1 atom stereocenters. The first-order valence-corrected chi connectivity index (χ1v) is 9.89. The van der Waals surface area contributed by atoms with E-state index in [9.17, 15) is 14.4 Å². The van der Waals surface area contributed by atoms with E-state index in [1.807, 2.05) is 19.1 Å². The van der Waals surface area contributed by atoms with Crippen LogP contribution >= 0.6 is 11.6 Å². The zero-order valence-corrected chi connectivity index (χ0v) is 17.6. The van der Waals surface area contributed by atoms with Crippen LogP contribution in [0.25, 0.3) is 11.3 Å². The van der Waals surface area contributed by atoms with Gasteiger partial charge in [0.1, 0.15) is 11.9 Å². The van der Waals surface area contributed by atoms with E-state index in [2.05, 4.69) is 20.5 Å². The highest BCUT2D eigenvalue weighted by molar-refractivity contribution is 6.30. The summed E-state index contributed by atoms with van der Waals surface area (Å²) in [4.78, 5) is 36.8. The predicted molar refractivity (Wildman–Crippen MR) is 116 cm³/mol. The lowest BCUT2D eigenvalue weighted by Gasteiger charge is -2.24. The summed E-state index contributed by atoms with van der Waals surface area (Å²) in [5.41, 5.74) is 3.11. The van der Waals surface area contributed by atoms with Gasteiger partial charge < -0.3 is 15.4 Å². The molecule has 0 fully saturated rings. The summed E-state index contributed by atoms with van der Waals surface area (Å²) < 4.78 is 6.21. The number of ether oxygens (including phenoxy) is 1. The second kappa shape index (κ2) is 8.23. The van der Waals surface area contributed by atoms with Crippen molar-refractivity contribution in [3.63, 3.8) is 0 Å². The number of halogens is 1. The van der Waals surface area contributed by atoms with E-state index in [1.165, 1.54) is 7.11 Å². The van der Waals surface area contributed by atoms with Crippen LogP contribution in [0.5, 0.6) is 0 Å². The Morgan fingerprint density at radius 3 is 2.48 bits per heavy atom. The zero-order valence-electron chi connectivity index (χ0n) is 16.8. The molecular formula is C22H19ClN4O4. The number of rotatable bonds is 4. The number of amides is 2. The number of hydrogen-bond donors (Lipinski definition) is 2. The fourth-order valence-corrected chi connectivity index (χ4v) is 3.58. The summed E-state index contributed by atoms with van der Waals surface area (Å²) in [6, 6.07) is 12.7. The molecule has 0 radical (unpaired) electrons. The minimum Gasteiger partial charge on any atom is -0.465 e. The molecule has 0 saturated carbocycles. The number of anilines is 2. The molecule has 2 aromatic carbocycles.